The van der Waals surface area contributed by atoms with Crippen LogP contribution in [0.5, 0.6) is 5.75 Å². The summed E-state index contributed by atoms with van der Waals surface area (Å²) in [5.74, 6) is 1.54. The Kier molecular flexibility index (Phi) is 7.51. The Morgan fingerprint density at radius 3 is 2.61 bits per heavy atom. The van der Waals surface area contributed by atoms with Crippen molar-refractivity contribution in [1.82, 2.24) is 5.32 Å². The first-order chi connectivity index (χ1) is 8.75. The van der Waals surface area contributed by atoms with E-state index in [9.17, 15) is 0 Å². The lowest BCUT2D eigenvalue weighted by Gasteiger charge is -2.14. The van der Waals surface area contributed by atoms with Gasteiger partial charge >= 0.3 is 0 Å². The number of benzene rings is 1. The molecule has 0 spiro atoms. The second-order valence-corrected chi connectivity index (χ2v) is 5.00. The molecular weight excluding hydrogens is 222 g/mol. The smallest absolute Gasteiger partial charge is 0.122 e. The second-order valence-electron chi connectivity index (χ2n) is 5.00. The van der Waals surface area contributed by atoms with Gasteiger partial charge in [-0.25, -0.2) is 0 Å². The Bertz CT molecular complexity index is 323. The average Bonchev–Trinajstić information content (AvgIpc) is 2.38. The lowest BCUT2D eigenvalue weighted by Crippen LogP contribution is -2.22. The second kappa shape index (κ2) is 8.98. The van der Waals surface area contributed by atoms with E-state index < -0.39 is 0 Å². The quantitative estimate of drug-likeness (QED) is 0.669. The molecule has 0 saturated carbocycles. The fourth-order valence-electron chi connectivity index (χ4n) is 1.95. The number of ether oxygens (including phenoxy) is 1. The van der Waals surface area contributed by atoms with E-state index >= 15 is 0 Å². The predicted octanol–water partition coefficient (Wildman–Crippen LogP) is 3.97. The van der Waals surface area contributed by atoms with E-state index in [0.29, 0.717) is 5.92 Å². The fraction of sp³-hybridized carbons (Fsp3) is 0.625. The molecule has 0 aromatic heterocycles. The van der Waals surface area contributed by atoms with Gasteiger partial charge in [0.25, 0.3) is 0 Å². The van der Waals surface area contributed by atoms with Gasteiger partial charge in [-0.15, -0.1) is 0 Å². The number of nitrogens with one attached hydrogen (secondary N) is 1. The van der Waals surface area contributed by atoms with Gasteiger partial charge in [0.2, 0.25) is 0 Å². The molecule has 1 N–H and O–H groups in total. The van der Waals surface area contributed by atoms with Crippen molar-refractivity contribution in [2.45, 2.75) is 46.0 Å². The highest BCUT2D eigenvalue weighted by Crippen LogP contribution is 2.25. The first-order valence-corrected chi connectivity index (χ1v) is 7.18. The topological polar surface area (TPSA) is 21.3 Å². The molecule has 0 amide bonds. The van der Waals surface area contributed by atoms with Crippen LogP contribution in [0.3, 0.4) is 0 Å². The summed E-state index contributed by atoms with van der Waals surface area (Å²) in [7, 11) is 0. The van der Waals surface area contributed by atoms with E-state index in [2.05, 4.69) is 44.3 Å². The standard InChI is InChI=1S/C16H27NO/c1-4-5-8-11-17-12-13-18-16-10-7-6-9-15(16)14(2)3/h6-7,9-10,14,17H,4-5,8,11-13H2,1-3H3. The third kappa shape index (κ3) is 5.54. The van der Waals surface area contributed by atoms with Crippen LogP contribution < -0.4 is 10.1 Å². The van der Waals surface area contributed by atoms with Gasteiger partial charge in [-0.2, -0.15) is 0 Å². The van der Waals surface area contributed by atoms with Crippen LogP contribution in [0.1, 0.15) is 51.5 Å². The van der Waals surface area contributed by atoms with Gasteiger partial charge in [-0.3, -0.25) is 0 Å². The van der Waals surface area contributed by atoms with Crippen molar-refractivity contribution in [1.29, 1.82) is 0 Å². The van der Waals surface area contributed by atoms with Gasteiger partial charge in [-0.1, -0.05) is 51.8 Å². The molecule has 18 heavy (non-hydrogen) atoms. The Hall–Kier alpha value is -1.02. The molecule has 0 aliphatic heterocycles. The molecule has 0 unspecified atom stereocenters. The fourth-order valence-corrected chi connectivity index (χ4v) is 1.95. The maximum Gasteiger partial charge on any atom is 0.122 e. The number of unbranched alkanes of at least 4 members (excludes halogenated alkanes) is 2. The molecule has 0 aliphatic carbocycles. The molecule has 0 radical (unpaired) electrons. The van der Waals surface area contributed by atoms with Crippen molar-refractivity contribution in [3.8, 4) is 5.75 Å². The van der Waals surface area contributed by atoms with Crippen LogP contribution in [0.4, 0.5) is 0 Å². The van der Waals surface area contributed by atoms with Crippen LogP contribution >= 0.6 is 0 Å². The third-order valence-electron chi connectivity index (χ3n) is 3.03. The van der Waals surface area contributed by atoms with Gasteiger partial charge in [0, 0.05) is 6.54 Å². The van der Waals surface area contributed by atoms with E-state index in [1.165, 1.54) is 24.8 Å². The summed E-state index contributed by atoms with van der Waals surface area (Å²) in [6.45, 7) is 9.40. The molecule has 1 rings (SSSR count). The van der Waals surface area contributed by atoms with E-state index in [4.69, 9.17) is 4.74 Å². The van der Waals surface area contributed by atoms with E-state index in [1.54, 1.807) is 0 Å². The van der Waals surface area contributed by atoms with Crippen LogP contribution in [0.2, 0.25) is 0 Å². The highest BCUT2D eigenvalue weighted by Gasteiger charge is 2.05. The highest BCUT2D eigenvalue weighted by molar-refractivity contribution is 5.35. The summed E-state index contributed by atoms with van der Waals surface area (Å²) in [5.41, 5.74) is 1.29. The number of hydrogen-bond acceptors (Lipinski definition) is 2. The van der Waals surface area contributed by atoms with E-state index in [0.717, 1.165) is 25.4 Å². The highest BCUT2D eigenvalue weighted by atomic mass is 16.5. The van der Waals surface area contributed by atoms with Crippen molar-refractivity contribution in [3.63, 3.8) is 0 Å². The monoisotopic (exact) mass is 249 g/mol. The van der Waals surface area contributed by atoms with Gasteiger partial charge < -0.3 is 10.1 Å². The number of rotatable bonds is 9. The third-order valence-corrected chi connectivity index (χ3v) is 3.03. The molecule has 2 nitrogen and oxygen atoms in total. The van der Waals surface area contributed by atoms with Gasteiger partial charge in [-0.05, 0) is 30.5 Å². The zero-order chi connectivity index (χ0) is 13.2. The van der Waals surface area contributed by atoms with Gasteiger partial charge in [0.1, 0.15) is 12.4 Å². The summed E-state index contributed by atoms with van der Waals surface area (Å²) in [5, 5.41) is 3.41. The summed E-state index contributed by atoms with van der Waals surface area (Å²) in [6.07, 6.45) is 3.85. The molecule has 0 saturated heterocycles. The predicted molar refractivity (Wildman–Crippen MR) is 78.4 cm³/mol. The Balaban J connectivity index is 2.23. The molecule has 0 heterocycles. The van der Waals surface area contributed by atoms with Crippen LogP contribution in [0.25, 0.3) is 0 Å². The minimum atomic E-state index is 0.513. The van der Waals surface area contributed by atoms with Crippen LogP contribution in [0.15, 0.2) is 24.3 Å². The van der Waals surface area contributed by atoms with Crippen molar-refractivity contribution >= 4 is 0 Å². The normalized spacial score (nSPS) is 10.9. The largest absolute Gasteiger partial charge is 0.492 e. The molecule has 1 aromatic carbocycles. The number of hydrogen-bond donors (Lipinski definition) is 1. The summed E-state index contributed by atoms with van der Waals surface area (Å²) in [4.78, 5) is 0. The SMILES string of the molecule is CCCCCNCCOc1ccccc1C(C)C. The summed E-state index contributed by atoms with van der Waals surface area (Å²) >= 11 is 0. The molecule has 102 valence electrons. The number of para-hydroxylation sites is 1. The molecule has 1 aromatic rings. The molecule has 2 heteroatoms. The maximum absolute atomic E-state index is 5.84. The van der Waals surface area contributed by atoms with Gasteiger partial charge in [0.05, 0.1) is 0 Å². The molecule has 0 fully saturated rings. The Morgan fingerprint density at radius 1 is 1.11 bits per heavy atom. The Labute approximate surface area is 112 Å². The first kappa shape index (κ1) is 15.0. The zero-order valence-electron chi connectivity index (χ0n) is 12.0. The van der Waals surface area contributed by atoms with Crippen LogP contribution in [0, 0.1) is 0 Å². The zero-order valence-corrected chi connectivity index (χ0v) is 12.0. The lowest BCUT2D eigenvalue weighted by molar-refractivity contribution is 0.309. The average molecular weight is 249 g/mol. The molecule has 0 bridgehead atoms. The maximum atomic E-state index is 5.84. The Morgan fingerprint density at radius 2 is 1.89 bits per heavy atom. The van der Waals surface area contributed by atoms with Crippen molar-refractivity contribution < 1.29 is 4.74 Å². The first-order valence-electron chi connectivity index (χ1n) is 7.18. The summed E-state index contributed by atoms with van der Waals surface area (Å²) < 4.78 is 5.84. The molecule has 0 atom stereocenters. The minimum absolute atomic E-state index is 0.513. The van der Waals surface area contributed by atoms with Crippen molar-refractivity contribution in [3.05, 3.63) is 29.8 Å². The van der Waals surface area contributed by atoms with Crippen LogP contribution in [-0.2, 0) is 0 Å². The van der Waals surface area contributed by atoms with Crippen LogP contribution in [-0.4, -0.2) is 19.7 Å². The van der Waals surface area contributed by atoms with Crippen molar-refractivity contribution in [2.75, 3.05) is 19.7 Å². The van der Waals surface area contributed by atoms with E-state index in [-0.39, 0.29) is 0 Å². The van der Waals surface area contributed by atoms with Crippen molar-refractivity contribution in [2.24, 2.45) is 0 Å². The molecule has 0 aliphatic rings. The summed E-state index contributed by atoms with van der Waals surface area (Å²) in [6, 6.07) is 8.32. The van der Waals surface area contributed by atoms with E-state index in [1.807, 2.05) is 6.07 Å². The van der Waals surface area contributed by atoms with Gasteiger partial charge in [0.15, 0.2) is 0 Å². The lowest BCUT2D eigenvalue weighted by atomic mass is 10.0. The minimum Gasteiger partial charge on any atom is -0.492 e. The molecular formula is C16H27NO.